The van der Waals surface area contributed by atoms with Gasteiger partial charge in [-0.1, -0.05) is 42.5 Å². The molecule has 0 saturated carbocycles. The summed E-state index contributed by atoms with van der Waals surface area (Å²) in [5, 5.41) is 7.77. The summed E-state index contributed by atoms with van der Waals surface area (Å²) in [7, 11) is 0. The Labute approximate surface area is 162 Å². The summed E-state index contributed by atoms with van der Waals surface area (Å²) in [6, 6.07) is 14.8. The third-order valence-electron chi connectivity index (χ3n) is 4.70. The molecule has 0 saturated heterocycles. The van der Waals surface area contributed by atoms with E-state index in [0.717, 1.165) is 22.9 Å². The summed E-state index contributed by atoms with van der Waals surface area (Å²) in [6.45, 7) is 9.97. The van der Waals surface area contributed by atoms with Gasteiger partial charge in [0.05, 0.1) is 13.0 Å². The van der Waals surface area contributed by atoms with Crippen LogP contribution < -0.4 is 10.6 Å². The minimum absolute atomic E-state index is 0.00690. The summed E-state index contributed by atoms with van der Waals surface area (Å²) in [5.74, 6) is -0.304. The first-order chi connectivity index (χ1) is 12.9. The minimum atomic E-state index is -0.159. The summed E-state index contributed by atoms with van der Waals surface area (Å²) < 4.78 is 0. The number of benzene rings is 2. The van der Waals surface area contributed by atoms with E-state index in [1.807, 2.05) is 42.5 Å². The summed E-state index contributed by atoms with van der Waals surface area (Å²) >= 11 is 0. The zero-order valence-corrected chi connectivity index (χ0v) is 16.8. The Hall–Kier alpha value is -2.40. The Bertz CT molecular complexity index is 758. The molecule has 0 spiro atoms. The largest absolute Gasteiger partial charge is 0.353 e. The van der Waals surface area contributed by atoms with Gasteiger partial charge in [-0.15, -0.1) is 0 Å². The fourth-order valence-corrected chi connectivity index (χ4v) is 3.36. The molecule has 0 heterocycles. The van der Waals surface area contributed by atoms with Crippen molar-refractivity contribution in [1.29, 1.82) is 0 Å². The average Bonchev–Trinajstić information content (AvgIpc) is 2.63. The number of rotatable bonds is 9. The van der Waals surface area contributed by atoms with Crippen LogP contribution in [0, 0.1) is 0 Å². The van der Waals surface area contributed by atoms with Gasteiger partial charge in [0.1, 0.15) is 0 Å². The molecule has 0 unspecified atom stereocenters. The fourth-order valence-electron chi connectivity index (χ4n) is 3.36. The number of amides is 2. The molecule has 2 aromatic rings. The molecule has 2 rings (SSSR count). The first-order valence-corrected chi connectivity index (χ1v) is 9.64. The molecule has 27 heavy (non-hydrogen) atoms. The highest BCUT2D eigenvalue weighted by molar-refractivity contribution is 5.91. The van der Waals surface area contributed by atoms with Crippen LogP contribution in [0.15, 0.2) is 42.5 Å². The predicted molar refractivity (Wildman–Crippen MR) is 111 cm³/mol. The van der Waals surface area contributed by atoms with Crippen LogP contribution in [0.1, 0.15) is 33.3 Å². The second kappa shape index (κ2) is 10.1. The van der Waals surface area contributed by atoms with Crippen molar-refractivity contribution >= 4 is 22.6 Å². The molecular weight excluding hydrogens is 338 g/mol. The predicted octanol–water partition coefficient (Wildman–Crippen LogP) is 2.73. The van der Waals surface area contributed by atoms with Crippen LogP contribution in [-0.4, -0.2) is 48.4 Å². The maximum Gasteiger partial charge on any atom is 0.239 e. The summed E-state index contributed by atoms with van der Waals surface area (Å²) in [4.78, 5) is 26.5. The number of hydrogen-bond acceptors (Lipinski definition) is 3. The number of carbonyl (C=O) groups excluding carboxylic acids is 2. The number of hydrogen-bond donors (Lipinski definition) is 2. The quantitative estimate of drug-likeness (QED) is 0.714. The van der Waals surface area contributed by atoms with E-state index >= 15 is 0 Å². The molecule has 0 aliphatic rings. The van der Waals surface area contributed by atoms with Gasteiger partial charge in [-0.3, -0.25) is 14.5 Å². The van der Waals surface area contributed by atoms with E-state index < -0.39 is 0 Å². The Morgan fingerprint density at radius 3 is 2.26 bits per heavy atom. The SMILES string of the molecule is CC(C)N(CCNC(=O)CNC(=O)Cc1cccc2ccccc12)C(C)C. The van der Waals surface area contributed by atoms with Crippen molar-refractivity contribution < 1.29 is 9.59 Å². The zero-order valence-electron chi connectivity index (χ0n) is 16.8. The molecule has 0 atom stereocenters. The molecule has 0 radical (unpaired) electrons. The highest BCUT2D eigenvalue weighted by Crippen LogP contribution is 2.18. The molecule has 0 aliphatic heterocycles. The van der Waals surface area contributed by atoms with Crippen LogP contribution in [-0.2, 0) is 16.0 Å². The third kappa shape index (κ3) is 6.36. The summed E-state index contributed by atoms with van der Waals surface area (Å²) in [5.41, 5.74) is 0.968. The van der Waals surface area contributed by atoms with Crippen LogP contribution in [0.25, 0.3) is 10.8 Å². The van der Waals surface area contributed by atoms with Gasteiger partial charge < -0.3 is 10.6 Å². The lowest BCUT2D eigenvalue weighted by Crippen LogP contribution is -2.44. The molecule has 5 nitrogen and oxygen atoms in total. The first kappa shape index (κ1) is 20.9. The van der Waals surface area contributed by atoms with E-state index in [9.17, 15) is 9.59 Å². The third-order valence-corrected chi connectivity index (χ3v) is 4.70. The van der Waals surface area contributed by atoms with Crippen molar-refractivity contribution in [1.82, 2.24) is 15.5 Å². The van der Waals surface area contributed by atoms with Gasteiger partial charge in [0, 0.05) is 25.2 Å². The molecule has 2 N–H and O–H groups in total. The van der Waals surface area contributed by atoms with E-state index in [2.05, 4.69) is 43.2 Å². The van der Waals surface area contributed by atoms with Crippen molar-refractivity contribution in [3.63, 3.8) is 0 Å². The number of nitrogens with zero attached hydrogens (tertiary/aromatic N) is 1. The van der Waals surface area contributed by atoms with Crippen molar-refractivity contribution in [2.75, 3.05) is 19.6 Å². The molecule has 0 bridgehead atoms. The highest BCUT2D eigenvalue weighted by Gasteiger charge is 2.13. The van der Waals surface area contributed by atoms with Crippen LogP contribution >= 0.6 is 0 Å². The lowest BCUT2D eigenvalue weighted by atomic mass is 10.0. The van der Waals surface area contributed by atoms with E-state index in [0.29, 0.717) is 18.6 Å². The smallest absolute Gasteiger partial charge is 0.239 e. The van der Waals surface area contributed by atoms with Crippen LogP contribution in [0.2, 0.25) is 0 Å². The Kier molecular flexibility index (Phi) is 7.80. The Morgan fingerprint density at radius 2 is 1.56 bits per heavy atom. The standard InChI is InChI=1S/C22H31N3O2/c1-16(2)25(17(3)4)13-12-23-22(27)15-24-21(26)14-19-10-7-9-18-8-5-6-11-20(18)19/h5-11,16-17H,12-15H2,1-4H3,(H,23,27)(H,24,26). The minimum Gasteiger partial charge on any atom is -0.353 e. The monoisotopic (exact) mass is 369 g/mol. The van der Waals surface area contributed by atoms with Gasteiger partial charge in [-0.05, 0) is 44.0 Å². The van der Waals surface area contributed by atoms with Gasteiger partial charge in [-0.2, -0.15) is 0 Å². The van der Waals surface area contributed by atoms with Gasteiger partial charge in [0.15, 0.2) is 0 Å². The molecule has 2 amide bonds. The Morgan fingerprint density at radius 1 is 0.889 bits per heavy atom. The molecular formula is C22H31N3O2. The highest BCUT2D eigenvalue weighted by atomic mass is 16.2. The van der Waals surface area contributed by atoms with Crippen molar-refractivity contribution in [2.24, 2.45) is 0 Å². The second-order valence-electron chi connectivity index (χ2n) is 7.37. The molecule has 5 heteroatoms. The van der Waals surface area contributed by atoms with E-state index in [1.165, 1.54) is 0 Å². The topological polar surface area (TPSA) is 61.4 Å². The average molecular weight is 370 g/mol. The molecule has 0 aliphatic carbocycles. The fraction of sp³-hybridized carbons (Fsp3) is 0.455. The lowest BCUT2D eigenvalue weighted by molar-refractivity contribution is -0.125. The first-order valence-electron chi connectivity index (χ1n) is 9.64. The van der Waals surface area contributed by atoms with Crippen LogP contribution in [0.3, 0.4) is 0 Å². The van der Waals surface area contributed by atoms with E-state index in [4.69, 9.17) is 0 Å². The zero-order chi connectivity index (χ0) is 19.8. The number of fused-ring (bicyclic) bond motifs is 1. The van der Waals surface area contributed by atoms with Gasteiger partial charge in [-0.25, -0.2) is 0 Å². The molecule has 0 fully saturated rings. The van der Waals surface area contributed by atoms with E-state index in [-0.39, 0.29) is 24.8 Å². The maximum atomic E-state index is 12.2. The number of carbonyl (C=O) groups is 2. The summed E-state index contributed by atoms with van der Waals surface area (Å²) in [6.07, 6.45) is 0.267. The molecule has 146 valence electrons. The van der Waals surface area contributed by atoms with Crippen molar-refractivity contribution in [3.8, 4) is 0 Å². The van der Waals surface area contributed by atoms with Crippen molar-refractivity contribution in [3.05, 3.63) is 48.0 Å². The lowest BCUT2D eigenvalue weighted by Gasteiger charge is -2.30. The molecule has 2 aromatic carbocycles. The second-order valence-corrected chi connectivity index (χ2v) is 7.37. The van der Waals surface area contributed by atoms with Gasteiger partial charge in [0.2, 0.25) is 11.8 Å². The van der Waals surface area contributed by atoms with Gasteiger partial charge in [0.25, 0.3) is 0 Å². The normalized spacial score (nSPS) is 11.4. The number of nitrogens with one attached hydrogen (secondary N) is 2. The molecule has 0 aromatic heterocycles. The van der Waals surface area contributed by atoms with Gasteiger partial charge >= 0.3 is 0 Å². The van der Waals surface area contributed by atoms with Crippen molar-refractivity contribution in [2.45, 2.75) is 46.2 Å². The maximum absolute atomic E-state index is 12.2. The Balaban J connectivity index is 1.77. The van der Waals surface area contributed by atoms with Crippen LogP contribution in [0.4, 0.5) is 0 Å². The van der Waals surface area contributed by atoms with Crippen LogP contribution in [0.5, 0.6) is 0 Å². The van der Waals surface area contributed by atoms with E-state index in [1.54, 1.807) is 0 Å².